The second-order valence-electron chi connectivity index (χ2n) is 4.89. The van der Waals surface area contributed by atoms with Crippen molar-refractivity contribution >= 4 is 38.8 Å². The number of thiophene rings is 1. The summed E-state index contributed by atoms with van der Waals surface area (Å²) in [5, 5.41) is 0.993. The van der Waals surface area contributed by atoms with Crippen molar-refractivity contribution in [1.29, 1.82) is 0 Å². The van der Waals surface area contributed by atoms with Crippen LogP contribution in [0.3, 0.4) is 0 Å². The van der Waals surface area contributed by atoms with E-state index in [-0.39, 0.29) is 0 Å². The molecule has 0 bridgehead atoms. The van der Waals surface area contributed by atoms with Crippen LogP contribution in [0.5, 0.6) is 0 Å². The number of nitrogens with zero attached hydrogens (tertiary/aromatic N) is 2. The molecule has 0 saturated heterocycles. The van der Waals surface area contributed by atoms with Gasteiger partial charge in [-0.05, 0) is 37.6 Å². The van der Waals surface area contributed by atoms with Gasteiger partial charge in [-0.25, -0.2) is 4.79 Å². The number of anilines is 2. The Morgan fingerprint density at radius 1 is 1.29 bits per heavy atom. The molecule has 4 nitrogen and oxygen atoms in total. The van der Waals surface area contributed by atoms with Crippen molar-refractivity contribution in [3.05, 3.63) is 53.2 Å². The molecule has 1 aromatic carbocycles. The molecule has 3 rings (SSSR count). The number of amides is 2. The van der Waals surface area contributed by atoms with E-state index in [2.05, 4.69) is 4.98 Å². The second-order valence-corrected chi connectivity index (χ2v) is 6.15. The average molecular weight is 297 g/mol. The molecule has 0 fully saturated rings. The Labute approximate surface area is 126 Å². The van der Waals surface area contributed by atoms with Gasteiger partial charge in [0.05, 0.1) is 16.1 Å². The average Bonchev–Trinajstić information content (AvgIpc) is 2.76. The lowest BCUT2D eigenvalue weighted by atomic mass is 10.1. The Morgan fingerprint density at radius 2 is 2.10 bits per heavy atom. The number of aryl methyl sites for hydroxylation is 2. The molecule has 21 heavy (non-hydrogen) atoms. The number of carbonyl (C=O) groups excluding carboxylic acids is 1. The number of aromatic nitrogens is 1. The maximum absolute atomic E-state index is 12.0. The predicted octanol–water partition coefficient (Wildman–Crippen LogP) is 4.13. The number of rotatable bonds is 2. The standard InChI is InChI=1S/C16H15N3OS/c1-10-4-3-5-12(8-10)19(16(17)20)15-11(2)21-14-9-18-7-6-13(14)15/h3-9H,1-2H3,(H2,17,20). The highest BCUT2D eigenvalue weighted by molar-refractivity contribution is 7.19. The molecule has 0 aliphatic rings. The molecule has 2 aromatic heterocycles. The topological polar surface area (TPSA) is 59.2 Å². The lowest BCUT2D eigenvalue weighted by Gasteiger charge is -2.21. The maximum Gasteiger partial charge on any atom is 0.323 e. The molecule has 3 aromatic rings. The van der Waals surface area contributed by atoms with Crippen molar-refractivity contribution in [1.82, 2.24) is 4.98 Å². The molecule has 0 spiro atoms. The largest absolute Gasteiger partial charge is 0.351 e. The summed E-state index contributed by atoms with van der Waals surface area (Å²) in [5.41, 5.74) is 8.35. The zero-order valence-electron chi connectivity index (χ0n) is 11.8. The summed E-state index contributed by atoms with van der Waals surface area (Å²) in [5.74, 6) is 0. The Bertz CT molecular complexity index is 825. The van der Waals surface area contributed by atoms with Crippen molar-refractivity contribution in [2.24, 2.45) is 5.73 Å². The van der Waals surface area contributed by atoms with E-state index in [1.54, 1.807) is 22.4 Å². The lowest BCUT2D eigenvalue weighted by Crippen LogP contribution is -2.31. The molecule has 2 amide bonds. The quantitative estimate of drug-likeness (QED) is 0.773. The van der Waals surface area contributed by atoms with E-state index in [0.29, 0.717) is 0 Å². The van der Waals surface area contributed by atoms with Gasteiger partial charge in [-0.2, -0.15) is 0 Å². The highest BCUT2D eigenvalue weighted by Crippen LogP contribution is 2.40. The Hall–Kier alpha value is -2.40. The van der Waals surface area contributed by atoms with Crippen molar-refractivity contribution in [2.75, 3.05) is 4.90 Å². The van der Waals surface area contributed by atoms with Crippen LogP contribution in [0.25, 0.3) is 10.1 Å². The number of primary amides is 1. The fraction of sp³-hybridized carbons (Fsp3) is 0.125. The summed E-state index contributed by atoms with van der Waals surface area (Å²) >= 11 is 1.61. The third-order valence-electron chi connectivity index (χ3n) is 3.34. The first kappa shape index (κ1) is 13.6. The van der Waals surface area contributed by atoms with Gasteiger partial charge in [0, 0.05) is 22.7 Å². The summed E-state index contributed by atoms with van der Waals surface area (Å²) in [7, 11) is 0. The minimum atomic E-state index is -0.486. The molecule has 0 aliphatic carbocycles. The highest BCUT2D eigenvalue weighted by atomic mass is 32.1. The SMILES string of the molecule is Cc1cccc(N(C(N)=O)c2c(C)sc3cnccc23)c1. The smallest absolute Gasteiger partial charge is 0.323 e. The first-order valence-electron chi connectivity index (χ1n) is 6.57. The van der Waals surface area contributed by atoms with E-state index in [0.717, 1.165) is 31.9 Å². The summed E-state index contributed by atoms with van der Waals surface area (Å²) < 4.78 is 1.05. The third kappa shape index (κ3) is 2.36. The van der Waals surface area contributed by atoms with E-state index in [9.17, 15) is 4.79 Å². The van der Waals surface area contributed by atoms with Crippen molar-refractivity contribution in [3.8, 4) is 0 Å². The number of nitrogens with two attached hydrogens (primary N) is 1. The van der Waals surface area contributed by atoms with E-state index >= 15 is 0 Å². The van der Waals surface area contributed by atoms with Gasteiger partial charge in [0.1, 0.15) is 0 Å². The lowest BCUT2D eigenvalue weighted by molar-refractivity contribution is 0.256. The van der Waals surface area contributed by atoms with Gasteiger partial charge in [-0.3, -0.25) is 9.88 Å². The number of benzene rings is 1. The van der Waals surface area contributed by atoms with Crippen molar-refractivity contribution < 1.29 is 4.79 Å². The molecule has 2 N–H and O–H groups in total. The summed E-state index contributed by atoms with van der Waals surface area (Å²) in [6.07, 6.45) is 3.54. The molecule has 0 atom stereocenters. The minimum absolute atomic E-state index is 0.486. The third-order valence-corrected chi connectivity index (χ3v) is 4.38. The van der Waals surface area contributed by atoms with Crippen LogP contribution in [0.2, 0.25) is 0 Å². The molecule has 106 valence electrons. The van der Waals surface area contributed by atoms with Crippen LogP contribution in [-0.4, -0.2) is 11.0 Å². The first-order chi connectivity index (χ1) is 10.1. The second kappa shape index (κ2) is 5.18. The zero-order valence-corrected chi connectivity index (χ0v) is 12.6. The van der Waals surface area contributed by atoms with Gasteiger partial charge in [-0.15, -0.1) is 11.3 Å². The van der Waals surface area contributed by atoms with E-state index < -0.39 is 6.03 Å². The van der Waals surface area contributed by atoms with Gasteiger partial charge in [0.2, 0.25) is 0 Å². The number of fused-ring (bicyclic) bond motifs is 1. The maximum atomic E-state index is 12.0. The van der Waals surface area contributed by atoms with Gasteiger partial charge >= 0.3 is 6.03 Å². The van der Waals surface area contributed by atoms with Crippen LogP contribution in [0, 0.1) is 13.8 Å². The van der Waals surface area contributed by atoms with E-state index in [1.165, 1.54) is 0 Å². The Balaban J connectivity index is 2.26. The fourth-order valence-electron chi connectivity index (χ4n) is 2.47. The molecular weight excluding hydrogens is 282 g/mol. The normalized spacial score (nSPS) is 10.8. The van der Waals surface area contributed by atoms with Crippen LogP contribution in [0.15, 0.2) is 42.7 Å². The van der Waals surface area contributed by atoms with Crippen LogP contribution >= 0.6 is 11.3 Å². The fourth-order valence-corrected chi connectivity index (χ4v) is 3.49. The van der Waals surface area contributed by atoms with Gasteiger partial charge < -0.3 is 5.73 Å². The molecule has 0 unspecified atom stereocenters. The van der Waals surface area contributed by atoms with E-state index in [4.69, 9.17) is 5.73 Å². The molecule has 2 heterocycles. The Morgan fingerprint density at radius 3 is 2.81 bits per heavy atom. The number of hydrogen-bond acceptors (Lipinski definition) is 3. The molecule has 5 heteroatoms. The molecule has 0 saturated carbocycles. The van der Waals surface area contributed by atoms with Crippen LogP contribution in [0.1, 0.15) is 10.4 Å². The number of pyridine rings is 1. The summed E-state index contributed by atoms with van der Waals surface area (Å²) in [6, 6.07) is 9.19. The van der Waals surface area contributed by atoms with Gasteiger partial charge in [0.25, 0.3) is 0 Å². The number of carbonyl (C=O) groups is 1. The van der Waals surface area contributed by atoms with Crippen molar-refractivity contribution in [3.63, 3.8) is 0 Å². The van der Waals surface area contributed by atoms with Gasteiger partial charge in [-0.1, -0.05) is 12.1 Å². The number of hydrogen-bond donors (Lipinski definition) is 1. The van der Waals surface area contributed by atoms with Crippen LogP contribution in [0.4, 0.5) is 16.2 Å². The summed E-state index contributed by atoms with van der Waals surface area (Å²) in [4.78, 5) is 18.8. The Kier molecular flexibility index (Phi) is 3.35. The zero-order chi connectivity index (χ0) is 15.0. The van der Waals surface area contributed by atoms with Crippen LogP contribution in [-0.2, 0) is 0 Å². The predicted molar refractivity (Wildman–Crippen MR) is 87.3 cm³/mol. The first-order valence-corrected chi connectivity index (χ1v) is 7.39. The van der Waals surface area contributed by atoms with Crippen LogP contribution < -0.4 is 10.6 Å². The van der Waals surface area contributed by atoms with Crippen molar-refractivity contribution in [2.45, 2.75) is 13.8 Å². The highest BCUT2D eigenvalue weighted by Gasteiger charge is 2.21. The number of urea groups is 1. The summed E-state index contributed by atoms with van der Waals surface area (Å²) in [6.45, 7) is 3.98. The van der Waals surface area contributed by atoms with E-state index in [1.807, 2.05) is 50.4 Å². The molecule has 0 radical (unpaired) electrons. The molecule has 0 aliphatic heterocycles. The van der Waals surface area contributed by atoms with Gasteiger partial charge in [0.15, 0.2) is 0 Å². The minimum Gasteiger partial charge on any atom is -0.351 e. The molecular formula is C16H15N3OS. The monoisotopic (exact) mass is 297 g/mol.